The Morgan fingerprint density at radius 1 is 0.600 bits per heavy atom. The molecular weight excluding hydrogens is 571 g/mol. The SMILES string of the molecule is CC(C)CCCCCCCNC(=O)CCC(CC(=O)C(C)C)SC(CCCC(C)c1ccccc1)CCC(C)c1ccccc1. The van der Waals surface area contributed by atoms with Crippen molar-refractivity contribution in [1.29, 1.82) is 0 Å². The zero-order chi connectivity index (χ0) is 32.9. The highest BCUT2D eigenvalue weighted by molar-refractivity contribution is 8.00. The second-order valence-electron chi connectivity index (χ2n) is 14.2. The lowest BCUT2D eigenvalue weighted by Crippen LogP contribution is -2.26. The number of hydrogen-bond acceptors (Lipinski definition) is 3. The topological polar surface area (TPSA) is 46.2 Å². The van der Waals surface area contributed by atoms with Gasteiger partial charge in [0.1, 0.15) is 5.78 Å². The number of carbonyl (C=O) groups is 2. The average molecular weight is 636 g/mol. The van der Waals surface area contributed by atoms with Gasteiger partial charge in [0, 0.05) is 35.8 Å². The second kappa shape index (κ2) is 23.3. The molecule has 1 amide bonds. The van der Waals surface area contributed by atoms with E-state index in [1.165, 1.54) is 56.1 Å². The summed E-state index contributed by atoms with van der Waals surface area (Å²) in [6, 6.07) is 21.7. The van der Waals surface area contributed by atoms with Crippen LogP contribution in [0.4, 0.5) is 0 Å². The summed E-state index contributed by atoms with van der Waals surface area (Å²) >= 11 is 2.00. The largest absolute Gasteiger partial charge is 0.356 e. The predicted molar refractivity (Wildman–Crippen MR) is 197 cm³/mol. The predicted octanol–water partition coefficient (Wildman–Crippen LogP) is 11.5. The fourth-order valence-corrected chi connectivity index (χ4v) is 7.66. The van der Waals surface area contributed by atoms with Crippen molar-refractivity contribution in [3.05, 3.63) is 71.8 Å². The molecule has 0 saturated heterocycles. The maximum absolute atomic E-state index is 12.9. The maximum atomic E-state index is 12.9. The summed E-state index contributed by atoms with van der Waals surface area (Å²) in [5.74, 6) is 2.34. The zero-order valence-corrected chi connectivity index (χ0v) is 30.4. The number of benzene rings is 2. The molecule has 45 heavy (non-hydrogen) atoms. The summed E-state index contributed by atoms with van der Waals surface area (Å²) in [7, 11) is 0. The molecule has 0 aromatic heterocycles. The third-order valence-corrected chi connectivity index (χ3v) is 10.9. The van der Waals surface area contributed by atoms with Crippen molar-refractivity contribution in [3.63, 3.8) is 0 Å². The van der Waals surface area contributed by atoms with E-state index in [9.17, 15) is 9.59 Å². The molecule has 2 rings (SSSR count). The third-order valence-electron chi connectivity index (χ3n) is 9.25. The van der Waals surface area contributed by atoms with E-state index in [4.69, 9.17) is 0 Å². The molecule has 4 heteroatoms. The van der Waals surface area contributed by atoms with Crippen molar-refractivity contribution in [2.45, 2.75) is 154 Å². The number of hydrogen-bond donors (Lipinski definition) is 1. The van der Waals surface area contributed by atoms with Gasteiger partial charge in [-0.25, -0.2) is 0 Å². The molecule has 1 N–H and O–H groups in total. The van der Waals surface area contributed by atoms with Gasteiger partial charge in [-0.05, 0) is 67.4 Å². The van der Waals surface area contributed by atoms with E-state index < -0.39 is 0 Å². The van der Waals surface area contributed by atoms with Crippen LogP contribution in [0.1, 0.15) is 154 Å². The highest BCUT2D eigenvalue weighted by Crippen LogP contribution is 2.35. The summed E-state index contributed by atoms with van der Waals surface area (Å²) < 4.78 is 0. The van der Waals surface area contributed by atoms with Crippen LogP contribution in [0.3, 0.4) is 0 Å². The summed E-state index contributed by atoms with van der Waals surface area (Å²) in [5, 5.41) is 3.84. The van der Waals surface area contributed by atoms with E-state index >= 15 is 0 Å². The molecule has 0 aliphatic carbocycles. The molecule has 4 unspecified atom stereocenters. The number of rotatable bonds is 25. The van der Waals surface area contributed by atoms with Crippen LogP contribution in [0.2, 0.25) is 0 Å². The molecule has 0 spiro atoms. The molecular formula is C41H65NO2S. The Kier molecular flexibility index (Phi) is 20.2. The Morgan fingerprint density at radius 2 is 1.18 bits per heavy atom. The minimum Gasteiger partial charge on any atom is -0.356 e. The highest BCUT2D eigenvalue weighted by Gasteiger charge is 2.23. The first-order chi connectivity index (χ1) is 21.7. The first-order valence-electron chi connectivity index (χ1n) is 18.2. The molecule has 3 nitrogen and oxygen atoms in total. The molecule has 4 atom stereocenters. The van der Waals surface area contributed by atoms with E-state index in [0.29, 0.717) is 35.7 Å². The van der Waals surface area contributed by atoms with Gasteiger partial charge >= 0.3 is 0 Å². The highest BCUT2D eigenvalue weighted by atomic mass is 32.2. The molecule has 2 aromatic carbocycles. The van der Waals surface area contributed by atoms with Crippen LogP contribution in [-0.4, -0.2) is 28.7 Å². The second-order valence-corrected chi connectivity index (χ2v) is 15.8. The molecule has 0 saturated carbocycles. The molecule has 2 aromatic rings. The number of unbranched alkanes of at least 4 members (excludes halogenated alkanes) is 4. The van der Waals surface area contributed by atoms with Gasteiger partial charge in [0.25, 0.3) is 0 Å². The monoisotopic (exact) mass is 635 g/mol. The van der Waals surface area contributed by atoms with E-state index in [1.807, 2.05) is 25.6 Å². The van der Waals surface area contributed by atoms with Gasteiger partial charge in [-0.15, -0.1) is 0 Å². The minimum atomic E-state index is 0.0331. The molecule has 0 fully saturated rings. The first kappa shape index (κ1) is 39.1. The Morgan fingerprint density at radius 3 is 1.78 bits per heavy atom. The maximum Gasteiger partial charge on any atom is 0.220 e. The number of thioether (sulfide) groups is 1. The van der Waals surface area contributed by atoms with Gasteiger partial charge in [-0.1, -0.05) is 141 Å². The van der Waals surface area contributed by atoms with Crippen molar-refractivity contribution in [1.82, 2.24) is 5.32 Å². The number of carbonyl (C=O) groups excluding carboxylic acids is 2. The van der Waals surface area contributed by atoms with Crippen molar-refractivity contribution in [2.75, 3.05) is 6.54 Å². The summed E-state index contributed by atoms with van der Waals surface area (Å²) in [5.41, 5.74) is 2.81. The Balaban J connectivity index is 1.93. The fourth-order valence-electron chi connectivity index (χ4n) is 6.03. The Bertz CT molecular complexity index is 1040. The van der Waals surface area contributed by atoms with E-state index in [2.05, 4.69) is 93.7 Å². The van der Waals surface area contributed by atoms with Crippen LogP contribution in [0.25, 0.3) is 0 Å². The molecule has 0 bridgehead atoms. The van der Waals surface area contributed by atoms with Crippen molar-refractivity contribution in [3.8, 4) is 0 Å². The number of nitrogens with one attached hydrogen (secondary N) is 1. The summed E-state index contributed by atoms with van der Waals surface area (Å²) in [6.45, 7) is 14.0. The minimum absolute atomic E-state index is 0.0331. The van der Waals surface area contributed by atoms with E-state index in [1.54, 1.807) is 0 Å². The summed E-state index contributed by atoms with van der Waals surface area (Å²) in [4.78, 5) is 25.7. The Labute approximate surface area is 281 Å². The van der Waals surface area contributed by atoms with Gasteiger partial charge in [-0.2, -0.15) is 11.8 Å². The average Bonchev–Trinajstić information content (AvgIpc) is 3.03. The molecule has 0 heterocycles. The van der Waals surface area contributed by atoms with Crippen LogP contribution < -0.4 is 5.32 Å². The molecule has 252 valence electrons. The Hall–Kier alpha value is -2.07. The van der Waals surface area contributed by atoms with Crippen molar-refractivity contribution in [2.24, 2.45) is 11.8 Å². The lowest BCUT2D eigenvalue weighted by molar-refractivity contribution is -0.123. The zero-order valence-electron chi connectivity index (χ0n) is 29.6. The van der Waals surface area contributed by atoms with Crippen LogP contribution in [0, 0.1) is 11.8 Å². The van der Waals surface area contributed by atoms with Crippen LogP contribution in [0.5, 0.6) is 0 Å². The smallest absolute Gasteiger partial charge is 0.220 e. The van der Waals surface area contributed by atoms with Crippen LogP contribution in [-0.2, 0) is 9.59 Å². The molecule has 0 radical (unpaired) electrons. The molecule has 0 aliphatic rings. The standard InChI is InChI=1S/C41H65NO2S/c1-32(2)19-12-8-7-9-17-30-42-41(44)29-28-39(31-40(43)33(3)4)45-38(27-26-35(6)37-23-15-11-16-24-37)25-18-20-34(5)36-21-13-10-14-22-36/h10-11,13-16,21-24,32-35,38-39H,7-9,12,17-20,25-31H2,1-6H3,(H,42,44). The fraction of sp³-hybridized carbons (Fsp3) is 0.659. The van der Waals surface area contributed by atoms with Gasteiger partial charge < -0.3 is 5.32 Å². The quantitative estimate of drug-likeness (QED) is 0.110. The third kappa shape index (κ3) is 18.0. The van der Waals surface area contributed by atoms with Crippen LogP contribution >= 0.6 is 11.8 Å². The van der Waals surface area contributed by atoms with Gasteiger partial charge in [0.2, 0.25) is 5.91 Å². The first-order valence-corrected chi connectivity index (χ1v) is 19.1. The van der Waals surface area contributed by atoms with Crippen molar-refractivity contribution < 1.29 is 9.59 Å². The van der Waals surface area contributed by atoms with Crippen LogP contribution in [0.15, 0.2) is 60.7 Å². The van der Waals surface area contributed by atoms with Gasteiger partial charge in [-0.3, -0.25) is 9.59 Å². The van der Waals surface area contributed by atoms with Gasteiger partial charge in [0.15, 0.2) is 0 Å². The number of Topliss-reactive ketones (excluding diaryl/α,β-unsaturated/α-hetero) is 1. The van der Waals surface area contributed by atoms with Crippen molar-refractivity contribution >= 4 is 23.5 Å². The normalized spacial score (nSPS) is 14.3. The van der Waals surface area contributed by atoms with E-state index in [-0.39, 0.29) is 17.1 Å². The number of amides is 1. The van der Waals surface area contributed by atoms with E-state index in [0.717, 1.165) is 44.6 Å². The van der Waals surface area contributed by atoms with Gasteiger partial charge in [0.05, 0.1) is 0 Å². The lowest BCUT2D eigenvalue weighted by Gasteiger charge is -2.25. The molecule has 0 aliphatic heterocycles. The lowest BCUT2D eigenvalue weighted by atomic mass is 9.92. The number of ketones is 1. The summed E-state index contributed by atoms with van der Waals surface area (Å²) in [6.07, 6.45) is 15.0.